The van der Waals surface area contributed by atoms with Crippen LogP contribution in [-0.2, 0) is 0 Å². The maximum atomic E-state index is 5.82. The lowest BCUT2D eigenvalue weighted by Gasteiger charge is -2.02. The molecule has 1 aromatic carbocycles. The van der Waals surface area contributed by atoms with E-state index in [1.165, 1.54) is 0 Å². The van der Waals surface area contributed by atoms with Gasteiger partial charge in [0.2, 0.25) is 0 Å². The number of benzene rings is 1. The van der Waals surface area contributed by atoms with Crippen molar-refractivity contribution in [2.24, 2.45) is 0 Å². The molecule has 0 aliphatic heterocycles. The molecular weight excluding hydrogens is 146 g/mol. The molecule has 0 aliphatic rings. The van der Waals surface area contributed by atoms with E-state index in [4.69, 9.17) is 17.3 Å². The molecule has 0 heterocycles. The molecule has 2 heteroatoms. The van der Waals surface area contributed by atoms with Gasteiger partial charge in [-0.25, -0.2) is 0 Å². The summed E-state index contributed by atoms with van der Waals surface area (Å²) in [6.45, 7) is 1.93. The van der Waals surface area contributed by atoms with Gasteiger partial charge in [-0.05, 0) is 24.6 Å². The van der Waals surface area contributed by atoms with Crippen molar-refractivity contribution < 1.29 is 0 Å². The van der Waals surface area contributed by atoms with E-state index in [2.05, 4.69) is 0 Å². The molecule has 0 fully saturated rings. The quantitative estimate of drug-likeness (QED) is 0.490. The zero-order valence-electron chi connectivity index (χ0n) is 5.84. The largest absolute Gasteiger partial charge is 0.399 e. The normalized spacial score (nSPS) is 13.0. The molecular formula is C8H10ClN. The van der Waals surface area contributed by atoms with Crippen molar-refractivity contribution in [1.82, 2.24) is 0 Å². The number of rotatable bonds is 1. The molecule has 0 saturated heterocycles. The van der Waals surface area contributed by atoms with Gasteiger partial charge in [0.1, 0.15) is 0 Å². The van der Waals surface area contributed by atoms with E-state index in [0.717, 1.165) is 11.3 Å². The van der Waals surface area contributed by atoms with Crippen LogP contribution in [0.15, 0.2) is 24.3 Å². The summed E-state index contributed by atoms with van der Waals surface area (Å²) >= 11 is 5.82. The standard InChI is InChI=1S/C8H10ClN/c1-6(9)7-3-2-4-8(10)5-7/h2-6H,10H2,1H3. The Morgan fingerprint density at radius 2 is 2.20 bits per heavy atom. The second-order valence-electron chi connectivity index (χ2n) is 2.29. The Balaban J connectivity index is 2.96. The molecule has 0 aromatic heterocycles. The van der Waals surface area contributed by atoms with Crippen molar-refractivity contribution in [2.45, 2.75) is 12.3 Å². The highest BCUT2D eigenvalue weighted by molar-refractivity contribution is 6.20. The summed E-state index contributed by atoms with van der Waals surface area (Å²) in [5, 5.41) is 0.0449. The number of halogens is 1. The molecule has 0 spiro atoms. The maximum Gasteiger partial charge on any atom is 0.0557 e. The Bertz CT molecular complexity index is 220. The van der Waals surface area contributed by atoms with Gasteiger partial charge in [0.05, 0.1) is 5.38 Å². The average molecular weight is 156 g/mol. The van der Waals surface area contributed by atoms with Crippen LogP contribution in [0.2, 0.25) is 0 Å². The molecule has 0 radical (unpaired) electrons. The van der Waals surface area contributed by atoms with Gasteiger partial charge in [-0.2, -0.15) is 0 Å². The van der Waals surface area contributed by atoms with Crippen molar-refractivity contribution >= 4 is 17.3 Å². The Kier molecular flexibility index (Phi) is 2.17. The molecule has 1 atom stereocenters. The Morgan fingerprint density at radius 3 is 2.60 bits per heavy atom. The predicted molar refractivity (Wildman–Crippen MR) is 45.1 cm³/mol. The fourth-order valence-corrected chi connectivity index (χ4v) is 0.942. The third kappa shape index (κ3) is 1.64. The van der Waals surface area contributed by atoms with Crippen LogP contribution in [0.5, 0.6) is 0 Å². The molecule has 0 amide bonds. The predicted octanol–water partition coefficient (Wildman–Crippen LogP) is 2.57. The van der Waals surface area contributed by atoms with Crippen LogP contribution in [0.4, 0.5) is 5.69 Å². The lowest BCUT2D eigenvalue weighted by atomic mass is 10.1. The van der Waals surface area contributed by atoms with Gasteiger partial charge in [-0.3, -0.25) is 0 Å². The third-order valence-electron chi connectivity index (χ3n) is 1.37. The van der Waals surface area contributed by atoms with Crippen LogP contribution in [-0.4, -0.2) is 0 Å². The summed E-state index contributed by atoms with van der Waals surface area (Å²) in [7, 11) is 0. The van der Waals surface area contributed by atoms with E-state index in [1.54, 1.807) is 0 Å². The van der Waals surface area contributed by atoms with Crippen LogP contribution in [0.3, 0.4) is 0 Å². The molecule has 54 valence electrons. The zero-order valence-corrected chi connectivity index (χ0v) is 6.60. The minimum atomic E-state index is 0.0449. The van der Waals surface area contributed by atoms with Crippen LogP contribution >= 0.6 is 11.6 Å². The van der Waals surface area contributed by atoms with Crippen LogP contribution in [0.25, 0.3) is 0 Å². The number of alkyl halides is 1. The first-order valence-electron chi connectivity index (χ1n) is 3.19. The van der Waals surface area contributed by atoms with E-state index in [9.17, 15) is 0 Å². The lowest BCUT2D eigenvalue weighted by molar-refractivity contribution is 1.09. The summed E-state index contributed by atoms with van der Waals surface area (Å²) in [5.74, 6) is 0. The maximum absolute atomic E-state index is 5.82. The van der Waals surface area contributed by atoms with Gasteiger partial charge in [0, 0.05) is 5.69 Å². The molecule has 2 N–H and O–H groups in total. The summed E-state index contributed by atoms with van der Waals surface area (Å²) in [6, 6.07) is 7.61. The average Bonchev–Trinajstić information content (AvgIpc) is 1.88. The SMILES string of the molecule is CC(Cl)c1cccc(N)c1. The molecule has 0 bridgehead atoms. The van der Waals surface area contributed by atoms with Crippen molar-refractivity contribution in [3.8, 4) is 0 Å². The molecule has 1 aromatic rings. The highest BCUT2D eigenvalue weighted by atomic mass is 35.5. The van der Waals surface area contributed by atoms with Gasteiger partial charge in [0.15, 0.2) is 0 Å². The van der Waals surface area contributed by atoms with Crippen molar-refractivity contribution in [3.63, 3.8) is 0 Å². The second kappa shape index (κ2) is 2.93. The number of nitrogens with two attached hydrogens (primary N) is 1. The Labute approximate surface area is 65.8 Å². The minimum Gasteiger partial charge on any atom is -0.399 e. The number of hydrogen-bond donors (Lipinski definition) is 1. The van der Waals surface area contributed by atoms with E-state index >= 15 is 0 Å². The highest BCUT2D eigenvalue weighted by Crippen LogP contribution is 2.20. The van der Waals surface area contributed by atoms with Crippen LogP contribution in [0, 0.1) is 0 Å². The number of nitrogen functional groups attached to an aromatic ring is 1. The summed E-state index contributed by atoms with van der Waals surface area (Å²) in [4.78, 5) is 0. The van der Waals surface area contributed by atoms with E-state index in [1.807, 2.05) is 31.2 Å². The molecule has 1 rings (SSSR count). The van der Waals surface area contributed by atoms with Gasteiger partial charge >= 0.3 is 0 Å². The van der Waals surface area contributed by atoms with Crippen LogP contribution in [0.1, 0.15) is 17.9 Å². The van der Waals surface area contributed by atoms with Crippen molar-refractivity contribution in [1.29, 1.82) is 0 Å². The van der Waals surface area contributed by atoms with Gasteiger partial charge in [-0.1, -0.05) is 12.1 Å². The summed E-state index contributed by atoms with van der Waals surface area (Å²) in [5.41, 5.74) is 7.38. The van der Waals surface area contributed by atoms with Gasteiger partial charge in [0.25, 0.3) is 0 Å². The summed E-state index contributed by atoms with van der Waals surface area (Å²) < 4.78 is 0. The van der Waals surface area contributed by atoms with E-state index in [0.29, 0.717) is 0 Å². The first-order chi connectivity index (χ1) is 4.70. The first kappa shape index (κ1) is 7.42. The first-order valence-corrected chi connectivity index (χ1v) is 3.63. The highest BCUT2D eigenvalue weighted by Gasteiger charge is 1.98. The Morgan fingerprint density at radius 1 is 1.50 bits per heavy atom. The lowest BCUT2D eigenvalue weighted by Crippen LogP contribution is -1.88. The van der Waals surface area contributed by atoms with E-state index in [-0.39, 0.29) is 5.38 Å². The van der Waals surface area contributed by atoms with Gasteiger partial charge in [-0.15, -0.1) is 11.6 Å². The molecule has 10 heavy (non-hydrogen) atoms. The molecule has 1 nitrogen and oxygen atoms in total. The van der Waals surface area contributed by atoms with Crippen molar-refractivity contribution in [3.05, 3.63) is 29.8 Å². The fraction of sp³-hybridized carbons (Fsp3) is 0.250. The topological polar surface area (TPSA) is 26.0 Å². The Hall–Kier alpha value is -0.690. The smallest absolute Gasteiger partial charge is 0.0557 e. The van der Waals surface area contributed by atoms with Crippen molar-refractivity contribution in [2.75, 3.05) is 5.73 Å². The van der Waals surface area contributed by atoms with E-state index < -0.39 is 0 Å². The fourth-order valence-electron chi connectivity index (χ4n) is 0.806. The van der Waals surface area contributed by atoms with Crippen LogP contribution < -0.4 is 5.73 Å². The molecule has 0 saturated carbocycles. The number of anilines is 1. The minimum absolute atomic E-state index is 0.0449. The second-order valence-corrected chi connectivity index (χ2v) is 2.94. The number of hydrogen-bond acceptors (Lipinski definition) is 1. The van der Waals surface area contributed by atoms with Gasteiger partial charge < -0.3 is 5.73 Å². The monoisotopic (exact) mass is 155 g/mol. The zero-order chi connectivity index (χ0) is 7.56. The third-order valence-corrected chi connectivity index (χ3v) is 1.62. The summed E-state index contributed by atoms with van der Waals surface area (Å²) in [6.07, 6.45) is 0. The molecule has 0 aliphatic carbocycles. The molecule has 1 unspecified atom stereocenters.